The van der Waals surface area contributed by atoms with Crippen LogP contribution in [-0.2, 0) is 0 Å². The van der Waals surface area contributed by atoms with Crippen molar-refractivity contribution in [1.29, 1.82) is 0 Å². The molecule has 1 aromatic heterocycles. The van der Waals surface area contributed by atoms with Gasteiger partial charge in [-0.05, 0) is 24.3 Å². The highest BCUT2D eigenvalue weighted by molar-refractivity contribution is 6.33. The van der Waals surface area contributed by atoms with Crippen molar-refractivity contribution in [2.75, 3.05) is 5.73 Å². The summed E-state index contributed by atoms with van der Waals surface area (Å²) in [6.07, 6.45) is 1.68. The molecule has 3 nitrogen and oxygen atoms in total. The van der Waals surface area contributed by atoms with Gasteiger partial charge in [0, 0.05) is 17.4 Å². The van der Waals surface area contributed by atoms with Crippen LogP contribution in [0.15, 0.2) is 30.5 Å². The van der Waals surface area contributed by atoms with E-state index in [9.17, 15) is 0 Å². The van der Waals surface area contributed by atoms with E-state index in [4.69, 9.17) is 17.3 Å². The van der Waals surface area contributed by atoms with Crippen LogP contribution < -0.4 is 5.73 Å². The predicted octanol–water partition coefficient (Wildman–Crippen LogP) is 2.31. The van der Waals surface area contributed by atoms with Gasteiger partial charge in [-0.3, -0.25) is 5.10 Å². The maximum atomic E-state index is 5.99. The van der Waals surface area contributed by atoms with Crippen molar-refractivity contribution in [1.82, 2.24) is 10.2 Å². The summed E-state index contributed by atoms with van der Waals surface area (Å²) in [5, 5.41) is 7.31. The number of hydrogen-bond acceptors (Lipinski definition) is 2. The fraction of sp³-hybridized carbons (Fsp3) is 0. The summed E-state index contributed by atoms with van der Waals surface area (Å²) in [7, 11) is 0. The summed E-state index contributed by atoms with van der Waals surface area (Å²) in [6, 6.07) is 7.25. The van der Waals surface area contributed by atoms with E-state index in [1.165, 1.54) is 0 Å². The molecular weight excluding hydrogens is 186 g/mol. The average Bonchev–Trinajstić information content (AvgIpc) is 2.56. The lowest BCUT2D eigenvalue weighted by Crippen LogP contribution is -1.86. The molecule has 0 atom stereocenters. The van der Waals surface area contributed by atoms with Gasteiger partial charge in [-0.1, -0.05) is 11.6 Å². The Labute approximate surface area is 80.5 Å². The smallest absolute Gasteiger partial charge is 0.0665 e. The number of aromatic nitrogens is 2. The molecule has 0 aliphatic carbocycles. The second-order valence-corrected chi connectivity index (χ2v) is 3.12. The monoisotopic (exact) mass is 193 g/mol. The van der Waals surface area contributed by atoms with Crippen LogP contribution >= 0.6 is 11.6 Å². The Balaban J connectivity index is 2.53. The van der Waals surface area contributed by atoms with Crippen molar-refractivity contribution in [3.05, 3.63) is 35.5 Å². The number of hydrogen-bond donors (Lipinski definition) is 2. The summed E-state index contributed by atoms with van der Waals surface area (Å²) in [5.41, 5.74) is 8.04. The molecule has 4 heteroatoms. The van der Waals surface area contributed by atoms with Gasteiger partial charge in [-0.15, -0.1) is 0 Å². The number of anilines is 1. The maximum absolute atomic E-state index is 5.99. The number of aromatic amines is 1. The number of nitrogen functional groups attached to an aromatic ring is 1. The largest absolute Gasteiger partial charge is 0.399 e. The van der Waals surface area contributed by atoms with E-state index in [1.807, 2.05) is 18.2 Å². The van der Waals surface area contributed by atoms with Crippen molar-refractivity contribution in [3.8, 4) is 11.3 Å². The summed E-state index contributed by atoms with van der Waals surface area (Å²) in [4.78, 5) is 0. The number of H-pyrrole nitrogens is 1. The highest BCUT2D eigenvalue weighted by Gasteiger charge is 2.03. The number of nitrogens with one attached hydrogen (secondary N) is 1. The van der Waals surface area contributed by atoms with Crippen molar-refractivity contribution < 1.29 is 0 Å². The van der Waals surface area contributed by atoms with Crippen molar-refractivity contribution in [2.24, 2.45) is 0 Å². The number of nitrogens with two attached hydrogens (primary N) is 1. The Morgan fingerprint density at radius 3 is 2.77 bits per heavy atom. The van der Waals surface area contributed by atoms with E-state index in [0.717, 1.165) is 11.3 Å². The molecule has 0 unspecified atom stereocenters. The Bertz CT molecular complexity index is 409. The summed E-state index contributed by atoms with van der Waals surface area (Å²) in [5.74, 6) is 0. The zero-order chi connectivity index (χ0) is 9.26. The van der Waals surface area contributed by atoms with Crippen LogP contribution in [0.25, 0.3) is 11.3 Å². The number of nitrogens with zero attached hydrogens (tertiary/aromatic N) is 1. The average molecular weight is 194 g/mol. The van der Waals surface area contributed by atoms with Gasteiger partial charge in [0.2, 0.25) is 0 Å². The van der Waals surface area contributed by atoms with Gasteiger partial charge in [0.05, 0.1) is 10.7 Å². The Hall–Kier alpha value is -1.48. The highest BCUT2D eigenvalue weighted by Crippen LogP contribution is 2.27. The first-order valence-electron chi connectivity index (χ1n) is 3.82. The third-order valence-electron chi connectivity index (χ3n) is 1.78. The van der Waals surface area contributed by atoms with Crippen LogP contribution in [0.1, 0.15) is 0 Å². The zero-order valence-corrected chi connectivity index (χ0v) is 7.55. The molecule has 0 bridgehead atoms. The highest BCUT2D eigenvalue weighted by atomic mass is 35.5. The summed E-state index contributed by atoms with van der Waals surface area (Å²) >= 11 is 5.99. The summed E-state index contributed by atoms with van der Waals surface area (Å²) in [6.45, 7) is 0. The molecule has 2 rings (SSSR count). The topological polar surface area (TPSA) is 54.7 Å². The third-order valence-corrected chi connectivity index (χ3v) is 2.10. The Morgan fingerprint density at radius 1 is 1.31 bits per heavy atom. The van der Waals surface area contributed by atoms with Gasteiger partial charge < -0.3 is 5.73 Å². The van der Waals surface area contributed by atoms with Crippen molar-refractivity contribution >= 4 is 17.3 Å². The zero-order valence-electron chi connectivity index (χ0n) is 6.79. The quantitative estimate of drug-likeness (QED) is 0.683. The third kappa shape index (κ3) is 1.51. The predicted molar refractivity (Wildman–Crippen MR) is 53.4 cm³/mol. The lowest BCUT2D eigenvalue weighted by molar-refractivity contribution is 1.10. The lowest BCUT2D eigenvalue weighted by Gasteiger charge is -2.01. The molecular formula is C9H8ClN3. The minimum Gasteiger partial charge on any atom is -0.399 e. The van der Waals surface area contributed by atoms with Gasteiger partial charge in [0.25, 0.3) is 0 Å². The van der Waals surface area contributed by atoms with E-state index >= 15 is 0 Å². The van der Waals surface area contributed by atoms with E-state index < -0.39 is 0 Å². The molecule has 3 N–H and O–H groups in total. The van der Waals surface area contributed by atoms with Crippen LogP contribution in [0.4, 0.5) is 5.69 Å². The van der Waals surface area contributed by atoms with Crippen molar-refractivity contribution in [3.63, 3.8) is 0 Å². The van der Waals surface area contributed by atoms with E-state index in [2.05, 4.69) is 10.2 Å². The molecule has 66 valence electrons. The van der Waals surface area contributed by atoms with Gasteiger partial charge in [-0.25, -0.2) is 0 Å². The number of benzene rings is 1. The first-order chi connectivity index (χ1) is 6.27. The fourth-order valence-corrected chi connectivity index (χ4v) is 1.45. The van der Waals surface area contributed by atoms with Gasteiger partial charge in [0.15, 0.2) is 0 Å². The molecule has 0 saturated heterocycles. The molecule has 0 radical (unpaired) electrons. The SMILES string of the molecule is Nc1ccc(-c2ccn[nH]2)c(Cl)c1. The van der Waals surface area contributed by atoms with Gasteiger partial charge in [-0.2, -0.15) is 5.10 Å². The Morgan fingerprint density at radius 2 is 2.15 bits per heavy atom. The first kappa shape index (κ1) is 8.13. The van der Waals surface area contributed by atoms with E-state index in [0.29, 0.717) is 10.7 Å². The van der Waals surface area contributed by atoms with Crippen LogP contribution in [0, 0.1) is 0 Å². The lowest BCUT2D eigenvalue weighted by atomic mass is 10.1. The fourth-order valence-electron chi connectivity index (χ4n) is 1.16. The molecule has 1 heterocycles. The molecule has 13 heavy (non-hydrogen) atoms. The van der Waals surface area contributed by atoms with Crippen molar-refractivity contribution in [2.45, 2.75) is 0 Å². The van der Waals surface area contributed by atoms with Crippen LogP contribution in [0.2, 0.25) is 5.02 Å². The van der Waals surface area contributed by atoms with E-state index in [-0.39, 0.29) is 0 Å². The summed E-state index contributed by atoms with van der Waals surface area (Å²) < 4.78 is 0. The molecule has 2 aromatic rings. The standard InChI is InChI=1S/C9H8ClN3/c10-8-5-6(11)1-2-7(8)9-3-4-12-13-9/h1-5H,11H2,(H,12,13). The van der Waals surface area contributed by atoms with Gasteiger partial charge >= 0.3 is 0 Å². The maximum Gasteiger partial charge on any atom is 0.0665 e. The number of rotatable bonds is 1. The van der Waals surface area contributed by atoms with Crippen LogP contribution in [0.3, 0.4) is 0 Å². The second kappa shape index (κ2) is 3.11. The molecule has 1 aromatic carbocycles. The van der Waals surface area contributed by atoms with Crippen LogP contribution in [-0.4, -0.2) is 10.2 Å². The Kier molecular flexibility index (Phi) is 1.94. The molecule has 0 spiro atoms. The van der Waals surface area contributed by atoms with Crippen LogP contribution in [0.5, 0.6) is 0 Å². The molecule has 0 aliphatic rings. The molecule has 0 amide bonds. The molecule has 0 fully saturated rings. The molecule has 0 aliphatic heterocycles. The number of halogens is 1. The van der Waals surface area contributed by atoms with Gasteiger partial charge in [0.1, 0.15) is 0 Å². The normalized spacial score (nSPS) is 10.2. The van der Waals surface area contributed by atoms with E-state index in [1.54, 1.807) is 12.3 Å². The minimum absolute atomic E-state index is 0.629. The first-order valence-corrected chi connectivity index (χ1v) is 4.20. The molecule has 0 saturated carbocycles. The minimum atomic E-state index is 0.629. The second-order valence-electron chi connectivity index (χ2n) is 2.71.